The maximum Gasteiger partial charge on any atom is 0.251 e. The Morgan fingerprint density at radius 2 is 1.67 bits per heavy atom. The summed E-state index contributed by atoms with van der Waals surface area (Å²) in [7, 11) is -3.56. The molecule has 2 aromatic carbocycles. The molecular weight excluding hydrogens is 400 g/mol. The van der Waals surface area contributed by atoms with E-state index in [1.165, 1.54) is 22.0 Å². The molecule has 30 heavy (non-hydrogen) atoms. The Morgan fingerprint density at radius 1 is 1.07 bits per heavy atom. The molecule has 0 saturated carbocycles. The first-order valence-electron chi connectivity index (χ1n) is 10.2. The Hall–Kier alpha value is -2.22. The molecular formula is C23H30N2O4S. The van der Waals surface area contributed by atoms with Crippen LogP contribution in [0.15, 0.2) is 59.5 Å². The van der Waals surface area contributed by atoms with Gasteiger partial charge in [0.25, 0.3) is 5.91 Å². The number of morpholine rings is 1. The fraction of sp³-hybridized carbons (Fsp3) is 0.435. The number of rotatable bonds is 7. The van der Waals surface area contributed by atoms with Crippen molar-refractivity contribution in [1.29, 1.82) is 0 Å². The smallest absolute Gasteiger partial charge is 0.251 e. The number of ether oxygens (including phenoxy) is 1. The van der Waals surface area contributed by atoms with Gasteiger partial charge in [0, 0.05) is 24.7 Å². The molecule has 1 N–H and O–H groups in total. The van der Waals surface area contributed by atoms with Gasteiger partial charge < -0.3 is 10.1 Å². The standard InChI is InChI=1S/C23H30N2O4S/c1-18(17-23(2,3)20-7-5-4-6-8-20)24-22(26)19-9-11-21(12-10-19)30(27,28)25-13-15-29-16-14-25/h4-12,18H,13-17H2,1-3H3,(H,24,26)/t18-/m1/s1. The van der Waals surface area contributed by atoms with Gasteiger partial charge in [0.1, 0.15) is 0 Å². The molecule has 0 bridgehead atoms. The third-order valence-corrected chi connectivity index (χ3v) is 7.39. The van der Waals surface area contributed by atoms with Crippen LogP contribution < -0.4 is 5.32 Å². The first-order chi connectivity index (χ1) is 14.2. The van der Waals surface area contributed by atoms with Gasteiger partial charge in [-0.1, -0.05) is 44.2 Å². The highest BCUT2D eigenvalue weighted by molar-refractivity contribution is 7.89. The van der Waals surface area contributed by atoms with Gasteiger partial charge in [0.2, 0.25) is 10.0 Å². The van der Waals surface area contributed by atoms with Crippen LogP contribution >= 0.6 is 0 Å². The molecule has 7 heteroatoms. The molecule has 0 aliphatic carbocycles. The number of carbonyl (C=O) groups excluding carboxylic acids is 1. The summed E-state index contributed by atoms with van der Waals surface area (Å²) in [4.78, 5) is 12.8. The largest absolute Gasteiger partial charge is 0.379 e. The highest BCUT2D eigenvalue weighted by Crippen LogP contribution is 2.28. The molecule has 1 saturated heterocycles. The lowest BCUT2D eigenvalue weighted by molar-refractivity contribution is 0.0730. The molecule has 0 spiro atoms. The molecule has 162 valence electrons. The van der Waals surface area contributed by atoms with Crippen molar-refractivity contribution in [1.82, 2.24) is 9.62 Å². The number of nitrogens with zero attached hydrogens (tertiary/aromatic N) is 1. The van der Waals surface area contributed by atoms with Crippen LogP contribution in [-0.2, 0) is 20.2 Å². The third kappa shape index (κ3) is 5.28. The highest BCUT2D eigenvalue weighted by Gasteiger charge is 2.27. The average Bonchev–Trinajstić information content (AvgIpc) is 2.74. The van der Waals surface area contributed by atoms with E-state index in [0.717, 1.165) is 6.42 Å². The summed E-state index contributed by atoms with van der Waals surface area (Å²) in [6.45, 7) is 7.80. The normalized spacial score (nSPS) is 16.8. The lowest BCUT2D eigenvalue weighted by Gasteiger charge is -2.29. The summed E-state index contributed by atoms with van der Waals surface area (Å²) in [5.41, 5.74) is 1.59. The number of hydrogen-bond donors (Lipinski definition) is 1. The number of hydrogen-bond acceptors (Lipinski definition) is 4. The number of nitrogens with one attached hydrogen (secondary N) is 1. The van der Waals surface area contributed by atoms with E-state index in [1.54, 1.807) is 12.1 Å². The van der Waals surface area contributed by atoms with Crippen molar-refractivity contribution >= 4 is 15.9 Å². The summed E-state index contributed by atoms with van der Waals surface area (Å²) in [6.07, 6.45) is 0.784. The second kappa shape index (κ2) is 9.29. The van der Waals surface area contributed by atoms with Crippen LogP contribution in [0.25, 0.3) is 0 Å². The van der Waals surface area contributed by atoms with Crippen molar-refractivity contribution in [2.45, 2.75) is 43.5 Å². The van der Waals surface area contributed by atoms with Gasteiger partial charge in [0.05, 0.1) is 18.1 Å². The van der Waals surface area contributed by atoms with Crippen LogP contribution in [0.5, 0.6) is 0 Å². The molecule has 0 radical (unpaired) electrons. The second-order valence-corrected chi connectivity index (χ2v) is 10.3. The summed E-state index contributed by atoms with van der Waals surface area (Å²) in [6, 6.07) is 16.3. The molecule has 1 atom stereocenters. The van der Waals surface area contributed by atoms with Gasteiger partial charge in [-0.05, 0) is 48.6 Å². The molecule has 1 amide bonds. The fourth-order valence-corrected chi connectivity index (χ4v) is 5.25. The minimum atomic E-state index is -3.56. The van der Waals surface area contributed by atoms with Gasteiger partial charge in [-0.25, -0.2) is 8.42 Å². The summed E-state index contributed by atoms with van der Waals surface area (Å²) >= 11 is 0. The lowest BCUT2D eigenvalue weighted by Crippen LogP contribution is -2.40. The first-order valence-corrected chi connectivity index (χ1v) is 11.7. The van der Waals surface area contributed by atoms with E-state index < -0.39 is 10.0 Å². The van der Waals surface area contributed by atoms with E-state index in [2.05, 4.69) is 31.3 Å². The van der Waals surface area contributed by atoms with Crippen molar-refractivity contribution in [2.24, 2.45) is 0 Å². The number of amides is 1. The third-order valence-electron chi connectivity index (χ3n) is 5.47. The molecule has 6 nitrogen and oxygen atoms in total. The zero-order chi connectivity index (χ0) is 21.8. The molecule has 0 unspecified atom stereocenters. The minimum Gasteiger partial charge on any atom is -0.379 e. The van der Waals surface area contributed by atoms with E-state index in [-0.39, 0.29) is 22.3 Å². The monoisotopic (exact) mass is 430 g/mol. The van der Waals surface area contributed by atoms with Gasteiger partial charge in [0.15, 0.2) is 0 Å². The van der Waals surface area contributed by atoms with Gasteiger partial charge in [-0.15, -0.1) is 0 Å². The quantitative estimate of drug-likeness (QED) is 0.732. The van der Waals surface area contributed by atoms with Crippen LogP contribution in [0.2, 0.25) is 0 Å². The van der Waals surface area contributed by atoms with Gasteiger partial charge in [-0.3, -0.25) is 4.79 Å². The average molecular weight is 431 g/mol. The molecule has 1 fully saturated rings. The molecule has 3 rings (SSSR count). The summed E-state index contributed by atoms with van der Waals surface area (Å²) < 4.78 is 32.1. The number of benzene rings is 2. The van der Waals surface area contributed by atoms with E-state index >= 15 is 0 Å². The van der Waals surface area contributed by atoms with Crippen LogP contribution in [0.1, 0.15) is 43.1 Å². The Labute approximate surface area is 179 Å². The van der Waals surface area contributed by atoms with E-state index in [4.69, 9.17) is 4.74 Å². The highest BCUT2D eigenvalue weighted by atomic mass is 32.2. The van der Waals surface area contributed by atoms with E-state index in [0.29, 0.717) is 31.9 Å². The Bertz CT molecular complexity index is 950. The maximum atomic E-state index is 12.7. The van der Waals surface area contributed by atoms with E-state index in [1.807, 2.05) is 25.1 Å². The Balaban J connectivity index is 1.63. The van der Waals surface area contributed by atoms with Crippen molar-refractivity contribution in [2.75, 3.05) is 26.3 Å². The number of carbonyl (C=O) groups is 1. The lowest BCUT2D eigenvalue weighted by atomic mass is 9.79. The van der Waals surface area contributed by atoms with Gasteiger partial charge in [-0.2, -0.15) is 4.31 Å². The Morgan fingerprint density at radius 3 is 2.27 bits per heavy atom. The van der Waals surface area contributed by atoms with Crippen molar-refractivity contribution in [3.63, 3.8) is 0 Å². The van der Waals surface area contributed by atoms with E-state index in [9.17, 15) is 13.2 Å². The SMILES string of the molecule is C[C@H](CC(C)(C)c1ccccc1)NC(=O)c1ccc(S(=O)(=O)N2CCOCC2)cc1. The predicted octanol–water partition coefficient (Wildman–Crippen LogP) is 3.19. The van der Waals surface area contributed by atoms with Crippen LogP contribution in [0.4, 0.5) is 0 Å². The fourth-order valence-electron chi connectivity index (χ4n) is 3.85. The minimum absolute atomic E-state index is 0.0375. The predicted molar refractivity (Wildman–Crippen MR) is 117 cm³/mol. The molecule has 1 aliphatic heterocycles. The Kier molecular flexibility index (Phi) is 6.95. The second-order valence-electron chi connectivity index (χ2n) is 8.37. The van der Waals surface area contributed by atoms with Crippen LogP contribution in [-0.4, -0.2) is 51.0 Å². The van der Waals surface area contributed by atoms with Crippen LogP contribution in [0.3, 0.4) is 0 Å². The van der Waals surface area contributed by atoms with Crippen LogP contribution in [0, 0.1) is 0 Å². The molecule has 1 aliphatic rings. The van der Waals surface area contributed by atoms with Crippen molar-refractivity contribution in [3.8, 4) is 0 Å². The zero-order valence-corrected chi connectivity index (χ0v) is 18.6. The van der Waals surface area contributed by atoms with Crippen molar-refractivity contribution < 1.29 is 17.9 Å². The molecule has 2 aromatic rings. The van der Waals surface area contributed by atoms with Gasteiger partial charge >= 0.3 is 0 Å². The molecule has 1 heterocycles. The molecule has 0 aromatic heterocycles. The summed E-state index contributed by atoms with van der Waals surface area (Å²) in [5.74, 6) is -0.207. The zero-order valence-electron chi connectivity index (χ0n) is 17.8. The topological polar surface area (TPSA) is 75.7 Å². The maximum absolute atomic E-state index is 12.7. The summed E-state index contributed by atoms with van der Waals surface area (Å²) in [5, 5.41) is 3.03. The van der Waals surface area contributed by atoms with Crippen molar-refractivity contribution in [3.05, 3.63) is 65.7 Å². The first kappa shape index (κ1) is 22.5. The number of sulfonamides is 1.